The van der Waals surface area contributed by atoms with Crippen molar-refractivity contribution in [2.24, 2.45) is 0 Å². The molecule has 0 aliphatic rings. The van der Waals surface area contributed by atoms with Crippen molar-refractivity contribution in [3.8, 4) is 17.0 Å². The van der Waals surface area contributed by atoms with Crippen LogP contribution in [0.2, 0.25) is 0 Å². The Balaban J connectivity index is 1.49. The highest BCUT2D eigenvalue weighted by Gasteiger charge is 2.21. The molecule has 0 radical (unpaired) electrons. The minimum absolute atomic E-state index is 0.0163. The number of carbonyl (C=O) groups excluding carboxylic acids is 1. The summed E-state index contributed by atoms with van der Waals surface area (Å²) in [7, 11) is 1.66. The van der Waals surface area contributed by atoms with E-state index in [9.17, 15) is 4.79 Å². The summed E-state index contributed by atoms with van der Waals surface area (Å²) in [6.45, 7) is 3.98. The lowest BCUT2D eigenvalue weighted by molar-refractivity contribution is -0.123. The molecule has 1 heterocycles. The monoisotopic (exact) mass is 413 g/mol. The molecule has 3 aromatic carbocycles. The van der Waals surface area contributed by atoms with E-state index in [1.54, 1.807) is 7.11 Å². The lowest BCUT2D eigenvalue weighted by atomic mass is 9.96. The second-order valence-electron chi connectivity index (χ2n) is 7.71. The van der Waals surface area contributed by atoms with Gasteiger partial charge in [0.05, 0.1) is 31.0 Å². The fraction of sp³-hybridized carbons (Fsp3) is 0.231. The summed E-state index contributed by atoms with van der Waals surface area (Å²) < 4.78 is 5.29. The number of nitrogens with zero attached hydrogens (tertiary/aromatic N) is 1. The molecule has 1 amide bonds. The zero-order valence-corrected chi connectivity index (χ0v) is 18.1. The Morgan fingerprint density at radius 3 is 2.55 bits per heavy atom. The van der Waals surface area contributed by atoms with Gasteiger partial charge in [-0.2, -0.15) is 0 Å². The van der Waals surface area contributed by atoms with Gasteiger partial charge in [-0.05, 0) is 47.4 Å². The second kappa shape index (κ2) is 9.04. The standard InChI is InChI=1S/C26H27N3O2/c1-4-23(25-27-16-24(28-25)18-8-6-5-7-9-18)29-26(30)17(2)19-10-11-21-15-22(31-3)13-12-20(21)14-19/h5-17,23H,4H2,1-3H3,(H,27,28)(H,29,30)/t17-,23?/m0/s1. The van der Waals surface area contributed by atoms with Gasteiger partial charge < -0.3 is 15.0 Å². The number of aromatic nitrogens is 2. The van der Waals surface area contributed by atoms with Gasteiger partial charge in [0.2, 0.25) is 5.91 Å². The van der Waals surface area contributed by atoms with Crippen molar-refractivity contribution >= 4 is 16.7 Å². The average molecular weight is 414 g/mol. The molecule has 31 heavy (non-hydrogen) atoms. The number of fused-ring (bicyclic) bond motifs is 1. The first-order valence-corrected chi connectivity index (χ1v) is 10.6. The maximum atomic E-state index is 13.0. The maximum Gasteiger partial charge on any atom is 0.227 e. The molecule has 2 atom stereocenters. The predicted molar refractivity (Wildman–Crippen MR) is 124 cm³/mol. The van der Waals surface area contributed by atoms with Crippen molar-refractivity contribution in [2.75, 3.05) is 7.11 Å². The zero-order valence-electron chi connectivity index (χ0n) is 18.1. The molecule has 0 saturated carbocycles. The molecule has 1 aromatic heterocycles. The van der Waals surface area contributed by atoms with Crippen LogP contribution in [0.4, 0.5) is 0 Å². The third kappa shape index (κ3) is 4.45. The fourth-order valence-electron chi connectivity index (χ4n) is 3.73. The molecular weight excluding hydrogens is 386 g/mol. The van der Waals surface area contributed by atoms with E-state index in [4.69, 9.17) is 4.74 Å². The highest BCUT2D eigenvalue weighted by molar-refractivity contribution is 5.88. The minimum Gasteiger partial charge on any atom is -0.497 e. The van der Waals surface area contributed by atoms with Crippen LogP contribution in [-0.4, -0.2) is 23.0 Å². The molecule has 0 saturated heterocycles. The number of imidazole rings is 1. The van der Waals surface area contributed by atoms with Crippen LogP contribution in [0.15, 0.2) is 72.9 Å². The number of aromatic amines is 1. The molecule has 5 heteroatoms. The van der Waals surface area contributed by atoms with E-state index >= 15 is 0 Å². The topological polar surface area (TPSA) is 67.0 Å². The van der Waals surface area contributed by atoms with E-state index in [2.05, 4.69) is 21.4 Å². The smallest absolute Gasteiger partial charge is 0.227 e. The molecule has 5 nitrogen and oxygen atoms in total. The van der Waals surface area contributed by atoms with E-state index in [0.29, 0.717) is 0 Å². The van der Waals surface area contributed by atoms with Gasteiger partial charge in [-0.25, -0.2) is 4.98 Å². The molecule has 2 N–H and O–H groups in total. The molecule has 0 aliphatic carbocycles. The maximum absolute atomic E-state index is 13.0. The highest BCUT2D eigenvalue weighted by atomic mass is 16.5. The van der Waals surface area contributed by atoms with Crippen LogP contribution >= 0.6 is 0 Å². The second-order valence-corrected chi connectivity index (χ2v) is 7.71. The first-order chi connectivity index (χ1) is 15.1. The Kier molecular flexibility index (Phi) is 6.03. The molecule has 0 bridgehead atoms. The Morgan fingerprint density at radius 2 is 1.81 bits per heavy atom. The van der Waals surface area contributed by atoms with Crippen LogP contribution in [0.5, 0.6) is 5.75 Å². The first-order valence-electron chi connectivity index (χ1n) is 10.6. The van der Waals surface area contributed by atoms with Crippen LogP contribution in [0.25, 0.3) is 22.0 Å². The van der Waals surface area contributed by atoms with Crippen molar-refractivity contribution in [1.29, 1.82) is 0 Å². The van der Waals surface area contributed by atoms with Crippen molar-refractivity contribution in [3.63, 3.8) is 0 Å². The van der Waals surface area contributed by atoms with E-state index in [1.165, 1.54) is 0 Å². The van der Waals surface area contributed by atoms with Gasteiger partial charge in [0.15, 0.2) is 0 Å². The third-order valence-electron chi connectivity index (χ3n) is 5.70. The van der Waals surface area contributed by atoms with Crippen LogP contribution in [0, 0.1) is 0 Å². The number of hydrogen-bond donors (Lipinski definition) is 2. The van der Waals surface area contributed by atoms with Crippen molar-refractivity contribution in [2.45, 2.75) is 32.2 Å². The summed E-state index contributed by atoms with van der Waals surface area (Å²) >= 11 is 0. The summed E-state index contributed by atoms with van der Waals surface area (Å²) in [4.78, 5) is 20.9. The van der Waals surface area contributed by atoms with Gasteiger partial charge in [-0.1, -0.05) is 61.5 Å². The summed E-state index contributed by atoms with van der Waals surface area (Å²) in [6, 6.07) is 21.9. The average Bonchev–Trinajstić information content (AvgIpc) is 3.32. The molecule has 4 rings (SSSR count). The SMILES string of the molecule is CCC(NC(=O)[C@@H](C)c1ccc2cc(OC)ccc2c1)c1ncc(-c2ccccc2)[nH]1. The summed E-state index contributed by atoms with van der Waals surface area (Å²) in [5.41, 5.74) is 3.00. The highest BCUT2D eigenvalue weighted by Crippen LogP contribution is 2.26. The Bertz CT molecular complexity index is 1180. The van der Waals surface area contributed by atoms with Gasteiger partial charge in [-0.15, -0.1) is 0 Å². The zero-order chi connectivity index (χ0) is 21.8. The molecule has 0 spiro atoms. The van der Waals surface area contributed by atoms with Gasteiger partial charge in [-0.3, -0.25) is 4.79 Å². The van der Waals surface area contributed by atoms with E-state index in [-0.39, 0.29) is 17.9 Å². The first kappa shape index (κ1) is 20.7. The Morgan fingerprint density at radius 1 is 1.06 bits per heavy atom. The van der Waals surface area contributed by atoms with Gasteiger partial charge in [0, 0.05) is 0 Å². The number of ether oxygens (including phenoxy) is 1. The van der Waals surface area contributed by atoms with Crippen molar-refractivity contribution < 1.29 is 9.53 Å². The molecule has 1 unspecified atom stereocenters. The van der Waals surface area contributed by atoms with Gasteiger partial charge in [0.25, 0.3) is 0 Å². The van der Waals surface area contributed by atoms with Crippen LogP contribution in [0.3, 0.4) is 0 Å². The quantitative estimate of drug-likeness (QED) is 0.414. The van der Waals surface area contributed by atoms with E-state index in [1.807, 2.05) is 80.7 Å². The number of hydrogen-bond acceptors (Lipinski definition) is 3. The minimum atomic E-state index is -0.274. The number of methoxy groups -OCH3 is 1. The van der Waals surface area contributed by atoms with Crippen molar-refractivity contribution in [3.05, 3.63) is 84.3 Å². The van der Waals surface area contributed by atoms with Crippen LogP contribution in [-0.2, 0) is 4.79 Å². The lowest BCUT2D eigenvalue weighted by Gasteiger charge is -2.19. The van der Waals surface area contributed by atoms with Crippen LogP contribution < -0.4 is 10.1 Å². The molecule has 158 valence electrons. The molecule has 0 fully saturated rings. The Labute approximate surface area is 182 Å². The third-order valence-corrected chi connectivity index (χ3v) is 5.70. The largest absolute Gasteiger partial charge is 0.497 e. The van der Waals surface area contributed by atoms with Crippen molar-refractivity contribution in [1.82, 2.24) is 15.3 Å². The van der Waals surface area contributed by atoms with Gasteiger partial charge >= 0.3 is 0 Å². The number of amides is 1. The lowest BCUT2D eigenvalue weighted by Crippen LogP contribution is -2.32. The normalized spacial score (nSPS) is 13.0. The summed E-state index contributed by atoms with van der Waals surface area (Å²) in [6.07, 6.45) is 2.57. The van der Waals surface area contributed by atoms with Crippen LogP contribution in [0.1, 0.15) is 43.6 Å². The molecule has 4 aromatic rings. The molecular formula is C26H27N3O2. The summed E-state index contributed by atoms with van der Waals surface area (Å²) in [5, 5.41) is 5.34. The number of rotatable bonds is 7. The van der Waals surface area contributed by atoms with Gasteiger partial charge in [0.1, 0.15) is 11.6 Å². The number of benzene rings is 3. The number of H-pyrrole nitrogens is 1. The Hall–Kier alpha value is -3.60. The summed E-state index contributed by atoms with van der Waals surface area (Å²) in [5.74, 6) is 1.30. The fourth-order valence-corrected chi connectivity index (χ4v) is 3.73. The van der Waals surface area contributed by atoms with E-state index < -0.39 is 0 Å². The molecule has 0 aliphatic heterocycles. The number of carbonyl (C=O) groups is 1. The number of nitrogens with one attached hydrogen (secondary N) is 2. The predicted octanol–water partition coefficient (Wildman–Crippen LogP) is 5.61. The van der Waals surface area contributed by atoms with E-state index in [0.717, 1.165) is 45.6 Å².